The van der Waals surface area contributed by atoms with E-state index in [1.54, 1.807) is 22.3 Å². The minimum Gasteiger partial charge on any atom is -0.274 e. The smallest absolute Gasteiger partial charge is 0.265 e. The number of imide groups is 2. The molecule has 6 nitrogen and oxygen atoms in total. The minimum atomic E-state index is -0.356. The fourth-order valence-corrected chi connectivity index (χ4v) is 30.6. The van der Waals surface area contributed by atoms with Crippen LogP contribution in [0.25, 0.3) is 138 Å². The highest BCUT2D eigenvalue weighted by atomic mass is 32.1. The molecule has 0 N–H and O–H groups in total. The molecule has 2 aliphatic heterocycles. The Kier molecular flexibility index (Phi) is 31.8. The number of hydrogen-bond donors (Lipinski definition) is 0. The summed E-state index contributed by atoms with van der Waals surface area (Å²) in [6.07, 6.45) is 56.1. The van der Waals surface area contributed by atoms with Gasteiger partial charge in [-0.2, -0.15) is 0 Å². The van der Waals surface area contributed by atoms with E-state index in [9.17, 15) is 9.59 Å². The molecule has 740 valence electrons. The highest BCUT2D eigenvalue weighted by Gasteiger charge is 2.48. The van der Waals surface area contributed by atoms with Crippen LogP contribution >= 0.6 is 45.3 Å². The van der Waals surface area contributed by atoms with Crippen LogP contribution in [0.2, 0.25) is 0 Å². The normalized spacial score (nSPS) is 14.5. The lowest BCUT2D eigenvalue weighted by atomic mass is 9.70. The number of fused-ring (bicyclic) bond motifs is 11. The Morgan fingerprint density at radius 3 is 0.748 bits per heavy atom. The van der Waals surface area contributed by atoms with Crippen molar-refractivity contribution in [3.05, 3.63) is 268 Å². The number of benzene rings is 11. The number of carbonyl (C=O) groups is 4. The molecule has 0 radical (unpaired) electrons. The zero-order chi connectivity index (χ0) is 98.1. The van der Waals surface area contributed by atoms with Crippen LogP contribution < -0.4 is 4.90 Å². The van der Waals surface area contributed by atoms with Gasteiger partial charge in [0.1, 0.15) is 0 Å². The van der Waals surface area contributed by atoms with Crippen LogP contribution in [0.5, 0.6) is 0 Å². The number of anilines is 1. The summed E-state index contributed by atoms with van der Waals surface area (Å²) in [6.45, 7) is 16.5. The zero-order valence-electron chi connectivity index (χ0n) is 86.6. The van der Waals surface area contributed by atoms with E-state index in [4.69, 9.17) is 0 Å². The molecule has 3 aliphatic carbocycles. The summed E-state index contributed by atoms with van der Waals surface area (Å²) in [7, 11) is 0. The van der Waals surface area contributed by atoms with E-state index in [2.05, 4.69) is 206 Å². The number of amides is 4. The third-order valence-electron chi connectivity index (χ3n) is 34.0. The number of thiophene rings is 4. The maximum Gasteiger partial charge on any atom is 0.265 e. The lowest BCUT2D eigenvalue weighted by molar-refractivity contribution is 0.0606. The largest absolute Gasteiger partial charge is 0.274 e. The summed E-state index contributed by atoms with van der Waals surface area (Å²) < 4.78 is 0. The molecular weight excluding hydrogens is 1820 g/mol. The molecule has 0 saturated carbocycles. The van der Waals surface area contributed by atoms with Gasteiger partial charge in [0.25, 0.3) is 23.6 Å². The van der Waals surface area contributed by atoms with E-state index in [1.807, 2.05) is 99.9 Å². The molecular formula is C133H150N2O4S4. The highest BCUT2D eigenvalue weighted by Crippen LogP contribution is 2.62. The SMILES string of the molecule is CCCCCCCCC1(CCCCCCCC)c2ccccc2-c2ccc(-c3ccc(-c4ccc(-c5ccc6c(c5)C(CCCCCCCC)(CCCCCCCC)c5cc(-c7ccc(-c8ccc(-c9ccc%10c(c9)C(CCCCCCCC)(CCCCCCCC)c9cc(N%11C(=O)c%12ccc%13c%14ccc%15c%16c(ccc(c%17ccc(c%12c%13%17)C%11=O)c%16%14)C(=O)N(CCCCCC)C%15=O)ccc9-%10)s8)s7)ccc5-6)s4)s3)cc21. The van der Waals surface area contributed by atoms with Gasteiger partial charge in [-0.3, -0.25) is 24.1 Å². The first-order valence-corrected chi connectivity index (χ1v) is 59.8. The Morgan fingerprint density at radius 1 is 0.203 bits per heavy atom. The van der Waals surface area contributed by atoms with Gasteiger partial charge < -0.3 is 0 Å². The Balaban J connectivity index is 0.596. The van der Waals surface area contributed by atoms with Crippen LogP contribution in [-0.4, -0.2) is 35.1 Å². The molecule has 5 aliphatic rings. The van der Waals surface area contributed by atoms with Crippen LogP contribution in [0.3, 0.4) is 0 Å². The molecule has 4 aromatic heterocycles. The van der Waals surface area contributed by atoms with E-state index >= 15 is 9.59 Å². The highest BCUT2D eigenvalue weighted by molar-refractivity contribution is 7.26. The number of unbranched alkanes of at least 4 members (excludes halogenated alkanes) is 33. The van der Waals surface area contributed by atoms with Crippen molar-refractivity contribution in [3.8, 4) is 94.7 Å². The zero-order valence-corrected chi connectivity index (χ0v) is 89.9. The summed E-state index contributed by atoms with van der Waals surface area (Å²) in [6, 6.07) is 81.3. The maximum atomic E-state index is 15.8. The van der Waals surface area contributed by atoms with Crippen LogP contribution in [0.15, 0.2) is 212 Å². The molecule has 0 bridgehead atoms. The van der Waals surface area contributed by atoms with Gasteiger partial charge in [0.2, 0.25) is 0 Å². The summed E-state index contributed by atoms with van der Waals surface area (Å²) in [5.74, 6) is -1.14. The molecule has 0 saturated heterocycles. The molecule has 0 atom stereocenters. The van der Waals surface area contributed by atoms with Crippen molar-refractivity contribution in [1.29, 1.82) is 0 Å². The summed E-state index contributed by atoms with van der Waals surface area (Å²) in [4.78, 5) is 73.9. The van der Waals surface area contributed by atoms with E-state index in [0.717, 1.165) is 109 Å². The lowest BCUT2D eigenvalue weighted by Gasteiger charge is -2.34. The molecule has 0 unspecified atom stereocenters. The van der Waals surface area contributed by atoms with Crippen molar-refractivity contribution < 1.29 is 19.2 Å². The molecule has 10 heteroatoms. The quantitative estimate of drug-likeness (QED) is 0.0165. The van der Waals surface area contributed by atoms with Crippen LogP contribution in [0.1, 0.15) is 419 Å². The van der Waals surface area contributed by atoms with Gasteiger partial charge in [-0.15, -0.1) is 45.3 Å². The van der Waals surface area contributed by atoms with Crippen LogP contribution in [0.4, 0.5) is 5.69 Å². The second-order valence-electron chi connectivity index (χ2n) is 43.2. The van der Waals surface area contributed by atoms with Gasteiger partial charge in [0.05, 0.1) is 5.69 Å². The second-order valence-corrected chi connectivity index (χ2v) is 47.6. The first-order valence-electron chi connectivity index (χ1n) is 56.5. The number of carbonyl (C=O) groups excluding carboxylic acids is 4. The van der Waals surface area contributed by atoms with Gasteiger partial charge in [0.15, 0.2) is 0 Å². The fraction of sp³-hybridized carbons (Fsp3) is 0.429. The van der Waals surface area contributed by atoms with Gasteiger partial charge in [-0.05, 0) is 275 Å². The van der Waals surface area contributed by atoms with Crippen molar-refractivity contribution in [1.82, 2.24) is 4.90 Å². The maximum absolute atomic E-state index is 15.8. The first kappa shape index (κ1) is 100. The molecule has 143 heavy (non-hydrogen) atoms. The van der Waals surface area contributed by atoms with Crippen molar-refractivity contribution in [2.24, 2.45) is 0 Å². The van der Waals surface area contributed by atoms with Gasteiger partial charge >= 0.3 is 0 Å². The van der Waals surface area contributed by atoms with Crippen molar-refractivity contribution in [3.63, 3.8) is 0 Å². The van der Waals surface area contributed by atoms with E-state index < -0.39 is 0 Å². The molecule has 4 amide bonds. The van der Waals surface area contributed by atoms with Gasteiger partial charge in [-0.25, -0.2) is 4.90 Å². The summed E-state index contributed by atoms with van der Waals surface area (Å²) >= 11 is 7.82. The fourth-order valence-electron chi connectivity index (χ4n) is 26.4. The van der Waals surface area contributed by atoms with Crippen LogP contribution in [0, 0.1) is 0 Å². The molecule has 0 spiro atoms. The Hall–Kier alpha value is -10.2. The van der Waals surface area contributed by atoms with E-state index in [-0.39, 0.29) is 39.9 Å². The molecule has 11 aromatic carbocycles. The minimum absolute atomic E-state index is 0.0534. The second kappa shape index (κ2) is 45.4. The van der Waals surface area contributed by atoms with Gasteiger partial charge in [-0.1, -0.05) is 402 Å². The molecule has 0 fully saturated rings. The number of nitrogens with zero attached hydrogens (tertiary/aromatic N) is 2. The Labute approximate surface area is 869 Å². The van der Waals surface area contributed by atoms with Crippen molar-refractivity contribution >= 4 is 118 Å². The van der Waals surface area contributed by atoms with Crippen LogP contribution in [-0.2, 0) is 16.2 Å². The first-order chi connectivity index (χ1) is 70.3. The van der Waals surface area contributed by atoms with E-state index in [1.165, 1.54) is 334 Å². The third kappa shape index (κ3) is 19.5. The Bertz CT molecular complexity index is 6930. The molecule has 15 aromatic rings. The number of rotatable bonds is 54. The summed E-state index contributed by atoms with van der Waals surface area (Å²) in [5, 5.41) is 6.67. The predicted octanol–water partition coefficient (Wildman–Crippen LogP) is 41.3. The molecule has 6 heterocycles. The van der Waals surface area contributed by atoms with Crippen molar-refractivity contribution in [2.45, 2.75) is 360 Å². The van der Waals surface area contributed by atoms with E-state index in [0.29, 0.717) is 45.3 Å². The standard InChI is InChI=1S/C133H150N2O4S4/c1-8-15-22-29-35-43-78-131(79-44-36-30-23-16-9-2)109-51-42-41-50-95(109)96-57-52-90(85-110(96)131)115-70-74-119(140-115)120-75-71-116(141-120)91-53-58-97-98-59-54-92(87-112(98)132(111(97)86-91,80-45-37-31-24-17-10-3)81-46-38-32-25-18-11-4)117-72-76-121(142-117)122-77-73-118(143-122)93-55-60-99-100-61-56-94(89-114(100)133(113(99)88-93,82-47-39-33-26-19-12-5)83-48-40-34-27-20-13-6)135-129(138)107-68-64-103-101-62-66-105-125-106(128(137)134(127(105)136)84-49-28-21-14-7)67-63-102(123(101)125)104-65-69-108(130(135)139)126(107)124(103)104/h41-42,50-77,85-89H,8-40,43-49,78-84H2,1-7H3. The van der Waals surface area contributed by atoms with Crippen molar-refractivity contribution in [2.75, 3.05) is 11.4 Å². The number of hydrogen-bond acceptors (Lipinski definition) is 8. The van der Waals surface area contributed by atoms with Gasteiger partial charge in [0, 0.05) is 94.8 Å². The lowest BCUT2D eigenvalue weighted by Crippen LogP contribution is -2.41. The Morgan fingerprint density at radius 2 is 0.441 bits per heavy atom. The molecule has 20 rings (SSSR count). The predicted molar refractivity (Wildman–Crippen MR) is 615 cm³/mol. The monoisotopic (exact) mass is 1970 g/mol. The average molecular weight is 1970 g/mol. The summed E-state index contributed by atoms with van der Waals surface area (Å²) in [5.41, 5.74) is 24.7. The topological polar surface area (TPSA) is 74.8 Å². The average Bonchev–Trinajstić information content (AvgIpc) is 1.42. The third-order valence-corrected chi connectivity index (χ3v) is 38.9.